The molecular formula is C31H35N3O4. The Balaban J connectivity index is 1.04. The lowest BCUT2D eigenvalue weighted by Gasteiger charge is -2.37. The number of ether oxygens (including phenoxy) is 1. The number of carbonyl (C=O) groups is 2. The summed E-state index contributed by atoms with van der Waals surface area (Å²) in [5, 5.41) is 12.4. The summed E-state index contributed by atoms with van der Waals surface area (Å²) in [7, 11) is 0. The number of aliphatic carboxylic acids is 1. The number of carboxylic acid groups (broad SMARTS) is 1. The Morgan fingerprint density at radius 2 is 1.82 bits per heavy atom. The van der Waals surface area contributed by atoms with Gasteiger partial charge in [-0.3, -0.25) is 9.59 Å². The van der Waals surface area contributed by atoms with Crippen molar-refractivity contribution < 1.29 is 19.4 Å². The molecule has 7 nitrogen and oxygen atoms in total. The van der Waals surface area contributed by atoms with Gasteiger partial charge in [-0.2, -0.15) is 0 Å². The molecule has 0 atom stereocenters. The Kier molecular flexibility index (Phi) is 8.01. The summed E-state index contributed by atoms with van der Waals surface area (Å²) in [4.78, 5) is 31.9. The number of carbonyl (C=O) groups excluding carboxylic acids is 1. The average molecular weight is 514 g/mol. The first kappa shape index (κ1) is 25.9. The van der Waals surface area contributed by atoms with Gasteiger partial charge in [0, 0.05) is 24.5 Å². The van der Waals surface area contributed by atoms with Crippen LogP contribution in [-0.4, -0.2) is 40.1 Å². The highest BCUT2D eigenvalue weighted by Gasteiger charge is 2.43. The molecule has 7 heteroatoms. The van der Waals surface area contributed by atoms with E-state index in [0.717, 1.165) is 73.8 Å². The molecule has 198 valence electrons. The third-order valence-corrected chi connectivity index (χ3v) is 8.17. The molecule has 3 aromatic rings. The number of aromatic nitrogens is 2. The van der Waals surface area contributed by atoms with Crippen LogP contribution < -0.4 is 10.1 Å². The van der Waals surface area contributed by atoms with E-state index in [2.05, 4.69) is 33.5 Å². The summed E-state index contributed by atoms with van der Waals surface area (Å²) in [5.41, 5.74) is 5.76. The van der Waals surface area contributed by atoms with Crippen molar-refractivity contribution in [1.82, 2.24) is 15.3 Å². The van der Waals surface area contributed by atoms with E-state index in [4.69, 9.17) is 4.74 Å². The van der Waals surface area contributed by atoms with E-state index in [9.17, 15) is 14.7 Å². The Morgan fingerprint density at radius 1 is 1.00 bits per heavy atom. The van der Waals surface area contributed by atoms with Gasteiger partial charge in [0.1, 0.15) is 12.1 Å². The maximum absolute atomic E-state index is 12.4. The Hall–Kier alpha value is -3.74. The van der Waals surface area contributed by atoms with E-state index in [1.54, 1.807) is 12.4 Å². The second kappa shape index (κ2) is 11.8. The number of hydrogen-bond donors (Lipinski definition) is 2. The minimum atomic E-state index is -0.654. The number of nitrogens with zero attached hydrogens (tertiary/aromatic N) is 2. The van der Waals surface area contributed by atoms with Crippen LogP contribution in [0.1, 0.15) is 61.6 Å². The van der Waals surface area contributed by atoms with Gasteiger partial charge < -0.3 is 15.2 Å². The highest BCUT2D eigenvalue weighted by Crippen LogP contribution is 2.50. The number of carboxylic acids is 1. The number of unbranched alkanes of at least 4 members (excludes halogenated alkanes) is 1. The van der Waals surface area contributed by atoms with Crippen LogP contribution in [0.25, 0.3) is 11.1 Å². The number of fused-ring (bicyclic) bond motifs is 2. The molecule has 2 aliphatic rings. The average Bonchev–Trinajstić information content (AvgIpc) is 3.28. The fourth-order valence-corrected chi connectivity index (χ4v) is 6.00. The summed E-state index contributed by atoms with van der Waals surface area (Å²) < 4.78 is 6.07. The van der Waals surface area contributed by atoms with Crippen LogP contribution >= 0.6 is 0 Å². The van der Waals surface area contributed by atoms with E-state index in [-0.39, 0.29) is 17.2 Å². The van der Waals surface area contributed by atoms with Crippen molar-refractivity contribution in [3.63, 3.8) is 0 Å². The van der Waals surface area contributed by atoms with Crippen molar-refractivity contribution in [3.05, 3.63) is 77.9 Å². The van der Waals surface area contributed by atoms with Crippen LogP contribution in [0.4, 0.5) is 0 Å². The van der Waals surface area contributed by atoms with Crippen molar-refractivity contribution in [2.45, 2.75) is 63.2 Å². The maximum Gasteiger partial charge on any atom is 0.306 e. The van der Waals surface area contributed by atoms with Gasteiger partial charge in [0.05, 0.1) is 18.9 Å². The van der Waals surface area contributed by atoms with Gasteiger partial charge in [0.25, 0.3) is 0 Å². The molecular weight excluding hydrogens is 478 g/mol. The Labute approximate surface area is 223 Å². The molecule has 0 radical (unpaired) electrons. The molecule has 0 aliphatic heterocycles. The fraction of sp³-hybridized carbons (Fsp3) is 0.419. The predicted molar refractivity (Wildman–Crippen MR) is 145 cm³/mol. The van der Waals surface area contributed by atoms with Gasteiger partial charge in [0.2, 0.25) is 5.91 Å². The van der Waals surface area contributed by atoms with E-state index in [1.807, 2.05) is 24.3 Å². The molecule has 1 heterocycles. The zero-order valence-corrected chi connectivity index (χ0v) is 21.7. The van der Waals surface area contributed by atoms with E-state index >= 15 is 0 Å². The highest BCUT2D eigenvalue weighted by molar-refractivity contribution is 5.79. The first-order valence-electron chi connectivity index (χ1n) is 13.6. The summed E-state index contributed by atoms with van der Waals surface area (Å²) >= 11 is 0. The lowest BCUT2D eigenvalue weighted by atomic mass is 9.67. The second-order valence-corrected chi connectivity index (χ2v) is 10.6. The SMILES string of the molecule is O=C(Cc1cccc(-c2cncnc2)c1)NCCCCOc1ccc2c(c1)C1(CC2)CCC(C(=O)O)CC1. The summed E-state index contributed by atoms with van der Waals surface area (Å²) in [6, 6.07) is 14.3. The number of hydrogen-bond acceptors (Lipinski definition) is 5. The molecule has 0 unspecified atom stereocenters. The van der Waals surface area contributed by atoms with Crippen LogP contribution in [0.5, 0.6) is 5.75 Å². The van der Waals surface area contributed by atoms with E-state index < -0.39 is 5.97 Å². The number of amides is 1. The van der Waals surface area contributed by atoms with E-state index in [1.165, 1.54) is 17.5 Å². The smallest absolute Gasteiger partial charge is 0.306 e. The molecule has 1 aromatic heterocycles. The number of aryl methyl sites for hydroxylation is 1. The number of benzene rings is 2. The third kappa shape index (κ3) is 6.04. The second-order valence-electron chi connectivity index (χ2n) is 10.6. The quantitative estimate of drug-likeness (QED) is 0.365. The van der Waals surface area contributed by atoms with Crippen molar-refractivity contribution in [2.24, 2.45) is 5.92 Å². The molecule has 0 bridgehead atoms. The zero-order valence-electron chi connectivity index (χ0n) is 21.7. The van der Waals surface area contributed by atoms with Gasteiger partial charge in [0.15, 0.2) is 0 Å². The Bertz CT molecular complexity index is 1270. The van der Waals surface area contributed by atoms with E-state index in [0.29, 0.717) is 19.6 Å². The summed E-state index contributed by atoms with van der Waals surface area (Å²) in [6.45, 7) is 1.22. The number of nitrogens with one attached hydrogen (secondary N) is 1. The molecule has 1 spiro atoms. The molecule has 5 rings (SSSR count). The molecule has 2 aromatic carbocycles. The number of rotatable bonds is 10. The van der Waals surface area contributed by atoms with Crippen LogP contribution in [-0.2, 0) is 27.8 Å². The topological polar surface area (TPSA) is 101 Å². The Morgan fingerprint density at radius 3 is 2.61 bits per heavy atom. The molecule has 1 saturated carbocycles. The van der Waals surface area contributed by atoms with Crippen LogP contribution in [0.15, 0.2) is 61.2 Å². The standard InChI is InChI=1S/C31H35N3O4/c35-29(17-22-4-3-5-25(16-22)26-19-32-21-33-20-26)34-14-1-2-15-38-27-7-6-23-8-11-31(28(23)18-27)12-9-24(10-13-31)30(36)37/h3-7,16,18-21,24H,1-2,8-15,17H2,(H,34,35)(H,36,37). The van der Waals surface area contributed by atoms with Gasteiger partial charge in [-0.25, -0.2) is 9.97 Å². The maximum atomic E-state index is 12.4. The van der Waals surface area contributed by atoms with Crippen molar-refractivity contribution in [2.75, 3.05) is 13.2 Å². The zero-order chi connectivity index (χ0) is 26.4. The minimum Gasteiger partial charge on any atom is -0.494 e. The van der Waals surface area contributed by atoms with Crippen molar-refractivity contribution in [1.29, 1.82) is 0 Å². The van der Waals surface area contributed by atoms with Gasteiger partial charge in [-0.15, -0.1) is 0 Å². The summed E-state index contributed by atoms with van der Waals surface area (Å²) in [6.07, 6.45) is 12.7. The van der Waals surface area contributed by atoms with Crippen LogP contribution in [0, 0.1) is 5.92 Å². The lowest BCUT2D eigenvalue weighted by molar-refractivity contribution is -0.143. The minimum absolute atomic E-state index is 0.00826. The van der Waals surface area contributed by atoms with Gasteiger partial charge >= 0.3 is 5.97 Å². The van der Waals surface area contributed by atoms with Crippen LogP contribution in [0.3, 0.4) is 0 Å². The van der Waals surface area contributed by atoms with Crippen LogP contribution in [0.2, 0.25) is 0 Å². The van der Waals surface area contributed by atoms with Gasteiger partial charge in [-0.05, 0) is 91.2 Å². The first-order valence-corrected chi connectivity index (χ1v) is 13.6. The lowest BCUT2D eigenvalue weighted by Crippen LogP contribution is -2.32. The fourth-order valence-electron chi connectivity index (χ4n) is 6.00. The van der Waals surface area contributed by atoms with Crippen molar-refractivity contribution >= 4 is 11.9 Å². The predicted octanol–water partition coefficient (Wildman–Crippen LogP) is 5.12. The molecule has 0 saturated heterocycles. The molecule has 1 fully saturated rings. The first-order chi connectivity index (χ1) is 18.5. The molecule has 1 amide bonds. The largest absolute Gasteiger partial charge is 0.494 e. The molecule has 2 N–H and O–H groups in total. The highest BCUT2D eigenvalue weighted by atomic mass is 16.5. The molecule has 2 aliphatic carbocycles. The normalized spacial score (nSPS) is 20.2. The third-order valence-electron chi connectivity index (χ3n) is 8.17. The molecule has 38 heavy (non-hydrogen) atoms. The monoisotopic (exact) mass is 513 g/mol. The van der Waals surface area contributed by atoms with Gasteiger partial charge in [-0.1, -0.05) is 30.3 Å². The van der Waals surface area contributed by atoms with Crippen molar-refractivity contribution in [3.8, 4) is 16.9 Å². The summed E-state index contributed by atoms with van der Waals surface area (Å²) in [5.74, 6) is 0.0466.